The van der Waals surface area contributed by atoms with Crippen LogP contribution < -0.4 is 5.48 Å². The molecule has 0 bridgehead atoms. The number of nitrogens with one attached hydrogen (secondary N) is 1. The molecule has 0 unspecified atom stereocenters. The zero-order valence-electron chi connectivity index (χ0n) is 6.12. The van der Waals surface area contributed by atoms with Crippen molar-refractivity contribution in [2.45, 2.75) is 0 Å². The van der Waals surface area contributed by atoms with Gasteiger partial charge in [0, 0.05) is 6.20 Å². The number of terminal acetylenes is 1. The van der Waals surface area contributed by atoms with Gasteiger partial charge in [0.2, 0.25) is 0 Å². The first-order chi connectivity index (χ1) is 5.84. The number of halogens is 1. The van der Waals surface area contributed by atoms with E-state index < -0.39 is 0 Å². The van der Waals surface area contributed by atoms with Crippen LogP contribution in [0.3, 0.4) is 0 Å². The lowest BCUT2D eigenvalue weighted by molar-refractivity contribution is 0.232. The fourth-order valence-corrected chi connectivity index (χ4v) is 0.944. The van der Waals surface area contributed by atoms with Crippen LogP contribution in [-0.4, -0.2) is 16.6 Å². The predicted octanol–water partition coefficient (Wildman–Crippen LogP) is 1.06. The minimum absolute atomic E-state index is 0.208. The van der Waals surface area contributed by atoms with Gasteiger partial charge < -0.3 is 0 Å². The van der Waals surface area contributed by atoms with Gasteiger partial charge in [0.1, 0.15) is 12.9 Å². The van der Waals surface area contributed by atoms with E-state index in [9.17, 15) is 0 Å². The van der Waals surface area contributed by atoms with Crippen LogP contribution in [0.25, 0.3) is 0 Å². The minimum Gasteiger partial charge on any atom is -0.262 e. The Kier molecular flexibility index (Phi) is 3.76. The zero-order chi connectivity index (χ0) is 8.81. The maximum atomic E-state index is 4.98. The Morgan fingerprint density at radius 1 is 1.75 bits per heavy atom. The van der Waals surface area contributed by atoms with Gasteiger partial charge in [0.15, 0.2) is 5.82 Å². The summed E-state index contributed by atoms with van der Waals surface area (Å²) in [5, 5.41) is 0. The van der Waals surface area contributed by atoms with Crippen LogP contribution in [0.1, 0.15) is 0 Å². The second kappa shape index (κ2) is 4.90. The van der Waals surface area contributed by atoms with Gasteiger partial charge in [-0.25, -0.2) is 15.4 Å². The normalized spacial score (nSPS) is 9.00. The Bertz CT molecular complexity index is 297. The molecule has 0 radical (unpaired) electrons. The minimum atomic E-state index is 0.208. The summed E-state index contributed by atoms with van der Waals surface area (Å²) in [4.78, 5) is 12.6. The van der Waals surface area contributed by atoms with Crippen LogP contribution in [0, 0.1) is 15.9 Å². The van der Waals surface area contributed by atoms with E-state index in [1.54, 1.807) is 6.20 Å². The molecular weight excluding hydrogens is 269 g/mol. The number of aromatic nitrogens is 2. The summed E-state index contributed by atoms with van der Waals surface area (Å²) in [5.74, 6) is 2.95. The van der Waals surface area contributed by atoms with E-state index in [0.717, 1.165) is 3.57 Å². The molecule has 1 heterocycles. The van der Waals surface area contributed by atoms with Crippen molar-refractivity contribution in [1.29, 1.82) is 0 Å². The SMILES string of the molecule is C#CCONc1ncncc1I. The van der Waals surface area contributed by atoms with Crippen molar-refractivity contribution in [2.75, 3.05) is 12.1 Å². The first kappa shape index (κ1) is 9.22. The van der Waals surface area contributed by atoms with Crippen LogP contribution in [0.2, 0.25) is 0 Å². The summed E-state index contributed by atoms with van der Waals surface area (Å²) in [6, 6.07) is 0. The number of nitrogens with zero attached hydrogens (tertiary/aromatic N) is 2. The van der Waals surface area contributed by atoms with Crippen LogP contribution in [0.5, 0.6) is 0 Å². The lowest BCUT2D eigenvalue weighted by Crippen LogP contribution is -2.04. The summed E-state index contributed by atoms with van der Waals surface area (Å²) in [5.41, 5.74) is 2.61. The fourth-order valence-electron chi connectivity index (χ4n) is 0.534. The lowest BCUT2D eigenvalue weighted by Gasteiger charge is -2.03. The molecule has 12 heavy (non-hydrogen) atoms. The average Bonchev–Trinajstić information content (AvgIpc) is 2.09. The van der Waals surface area contributed by atoms with E-state index in [2.05, 4.69) is 44.0 Å². The van der Waals surface area contributed by atoms with Gasteiger partial charge in [-0.15, -0.1) is 6.42 Å². The second-order valence-electron chi connectivity index (χ2n) is 1.81. The van der Waals surface area contributed by atoms with Gasteiger partial charge in [-0.3, -0.25) is 4.84 Å². The molecule has 0 amide bonds. The van der Waals surface area contributed by atoms with E-state index in [1.807, 2.05) is 0 Å². The van der Waals surface area contributed by atoms with Gasteiger partial charge in [-0.05, 0) is 22.6 Å². The molecule has 1 rings (SSSR count). The van der Waals surface area contributed by atoms with Crippen LogP contribution in [0.15, 0.2) is 12.5 Å². The molecule has 0 aliphatic carbocycles. The Hall–Kier alpha value is -0.870. The molecule has 5 heteroatoms. The first-order valence-corrected chi connectivity index (χ1v) is 4.19. The first-order valence-electron chi connectivity index (χ1n) is 3.11. The van der Waals surface area contributed by atoms with Gasteiger partial charge >= 0.3 is 0 Å². The van der Waals surface area contributed by atoms with Crippen LogP contribution in [0.4, 0.5) is 5.82 Å². The Morgan fingerprint density at radius 2 is 2.58 bits per heavy atom. The molecule has 0 saturated carbocycles. The third-order valence-electron chi connectivity index (χ3n) is 0.992. The number of rotatable bonds is 3. The van der Waals surface area contributed by atoms with E-state index in [1.165, 1.54) is 6.33 Å². The topological polar surface area (TPSA) is 47.0 Å². The standard InChI is InChI=1S/C7H6IN3O/c1-2-3-12-11-7-6(8)4-9-5-10-7/h1,4-5H,3H2,(H,9,10,11). The molecular formula is C7H6IN3O. The number of anilines is 1. The highest BCUT2D eigenvalue weighted by atomic mass is 127. The quantitative estimate of drug-likeness (QED) is 0.388. The van der Waals surface area contributed by atoms with Gasteiger partial charge in [0.05, 0.1) is 3.57 Å². The summed E-state index contributed by atoms with van der Waals surface area (Å²) in [6.07, 6.45) is 8.09. The van der Waals surface area contributed by atoms with Crippen molar-refractivity contribution in [3.8, 4) is 12.3 Å². The van der Waals surface area contributed by atoms with Crippen molar-refractivity contribution in [3.63, 3.8) is 0 Å². The molecule has 1 aromatic rings. The summed E-state index contributed by atoms with van der Waals surface area (Å²) in [6.45, 7) is 0.208. The van der Waals surface area contributed by atoms with E-state index in [0.29, 0.717) is 5.82 Å². The van der Waals surface area contributed by atoms with Crippen molar-refractivity contribution < 1.29 is 4.84 Å². The Labute approximate surface area is 83.8 Å². The third-order valence-corrected chi connectivity index (χ3v) is 1.78. The fraction of sp³-hybridized carbons (Fsp3) is 0.143. The molecule has 0 aromatic carbocycles. The predicted molar refractivity (Wildman–Crippen MR) is 53.2 cm³/mol. The Balaban J connectivity index is 2.53. The number of hydrogen-bond acceptors (Lipinski definition) is 4. The van der Waals surface area contributed by atoms with Crippen molar-refractivity contribution >= 4 is 28.4 Å². The third kappa shape index (κ3) is 2.64. The monoisotopic (exact) mass is 275 g/mol. The highest BCUT2D eigenvalue weighted by molar-refractivity contribution is 14.1. The van der Waals surface area contributed by atoms with E-state index in [4.69, 9.17) is 11.3 Å². The molecule has 0 aliphatic rings. The molecule has 4 nitrogen and oxygen atoms in total. The summed E-state index contributed by atoms with van der Waals surface area (Å²) >= 11 is 2.09. The zero-order valence-corrected chi connectivity index (χ0v) is 8.28. The summed E-state index contributed by atoms with van der Waals surface area (Å²) < 4.78 is 0.882. The highest BCUT2D eigenvalue weighted by Crippen LogP contribution is 2.11. The van der Waals surface area contributed by atoms with Crippen molar-refractivity contribution in [2.24, 2.45) is 0 Å². The molecule has 0 atom stereocenters. The van der Waals surface area contributed by atoms with Crippen molar-refractivity contribution in [3.05, 3.63) is 16.1 Å². The molecule has 0 aliphatic heterocycles. The largest absolute Gasteiger partial charge is 0.262 e. The lowest BCUT2D eigenvalue weighted by atomic mass is 10.6. The highest BCUT2D eigenvalue weighted by Gasteiger charge is 1.97. The van der Waals surface area contributed by atoms with Gasteiger partial charge in [-0.1, -0.05) is 5.92 Å². The maximum absolute atomic E-state index is 4.98. The molecule has 0 saturated heterocycles. The smallest absolute Gasteiger partial charge is 0.166 e. The average molecular weight is 275 g/mol. The summed E-state index contributed by atoms with van der Waals surface area (Å²) in [7, 11) is 0. The Morgan fingerprint density at radius 3 is 3.25 bits per heavy atom. The number of hydrogen-bond donors (Lipinski definition) is 1. The molecule has 0 spiro atoms. The van der Waals surface area contributed by atoms with E-state index in [-0.39, 0.29) is 6.61 Å². The molecule has 1 N–H and O–H groups in total. The van der Waals surface area contributed by atoms with Crippen LogP contribution >= 0.6 is 22.6 Å². The molecule has 62 valence electrons. The maximum Gasteiger partial charge on any atom is 0.166 e. The van der Waals surface area contributed by atoms with Gasteiger partial charge in [0.25, 0.3) is 0 Å². The van der Waals surface area contributed by atoms with Crippen molar-refractivity contribution in [1.82, 2.24) is 9.97 Å². The molecule has 1 aromatic heterocycles. The second-order valence-corrected chi connectivity index (χ2v) is 2.98. The van der Waals surface area contributed by atoms with Gasteiger partial charge in [-0.2, -0.15) is 0 Å². The van der Waals surface area contributed by atoms with Crippen LogP contribution in [-0.2, 0) is 4.84 Å². The van der Waals surface area contributed by atoms with E-state index >= 15 is 0 Å². The molecule has 0 fully saturated rings.